The van der Waals surface area contributed by atoms with Crippen LogP contribution in [0.2, 0.25) is 5.02 Å². The van der Waals surface area contributed by atoms with Crippen molar-refractivity contribution < 1.29 is 4.79 Å². The fraction of sp³-hybridized carbons (Fsp3) is 0.400. The van der Waals surface area contributed by atoms with Gasteiger partial charge in [-0.25, -0.2) is 4.98 Å². The van der Waals surface area contributed by atoms with Crippen molar-refractivity contribution in [1.82, 2.24) is 20.1 Å². The molecule has 0 unspecified atom stereocenters. The number of carbonyl (C=O) groups is 1. The predicted octanol–water partition coefficient (Wildman–Crippen LogP) is 2.81. The zero-order chi connectivity index (χ0) is 19.1. The molecule has 0 aliphatic carbocycles. The number of nitrogens with zero attached hydrogens (tertiary/aromatic N) is 3. The smallest absolute Gasteiger partial charge is 0.234 e. The Kier molecular flexibility index (Phi) is 7.41. The largest absolute Gasteiger partial charge is 0.352 e. The Hall–Kier alpha value is -1.73. The topological polar surface area (TPSA) is 48.5 Å². The standard InChI is InChI=1S/C20H25ClN4OS/c1-2-7-22-19(26)14-25-10-8-24(9-11-25)13-18-15-27-20(23-18)12-16-3-5-17(21)6-4-16/h2-6,15H,1,7-14H2,(H,22,26). The molecule has 0 bridgehead atoms. The van der Waals surface area contributed by atoms with E-state index in [9.17, 15) is 4.79 Å². The molecule has 1 saturated heterocycles. The zero-order valence-corrected chi connectivity index (χ0v) is 16.9. The molecule has 1 fully saturated rings. The van der Waals surface area contributed by atoms with Crippen LogP contribution in [0.15, 0.2) is 42.3 Å². The summed E-state index contributed by atoms with van der Waals surface area (Å²) >= 11 is 7.65. The van der Waals surface area contributed by atoms with Gasteiger partial charge in [0.05, 0.1) is 17.2 Å². The molecule has 1 aliphatic heterocycles. The maximum absolute atomic E-state index is 11.8. The summed E-state index contributed by atoms with van der Waals surface area (Å²) in [7, 11) is 0. The first kappa shape index (κ1) is 20.0. The molecule has 0 radical (unpaired) electrons. The second-order valence-electron chi connectivity index (χ2n) is 6.68. The minimum atomic E-state index is 0.0645. The van der Waals surface area contributed by atoms with E-state index in [1.807, 2.05) is 24.3 Å². The summed E-state index contributed by atoms with van der Waals surface area (Å²) in [5, 5.41) is 6.87. The van der Waals surface area contributed by atoms with Crippen LogP contribution in [0.1, 0.15) is 16.3 Å². The highest BCUT2D eigenvalue weighted by Crippen LogP contribution is 2.18. The number of amides is 1. The zero-order valence-electron chi connectivity index (χ0n) is 15.4. The van der Waals surface area contributed by atoms with Crippen LogP contribution < -0.4 is 5.32 Å². The molecule has 144 valence electrons. The van der Waals surface area contributed by atoms with Gasteiger partial charge in [0, 0.05) is 56.1 Å². The number of benzene rings is 1. The van der Waals surface area contributed by atoms with Crippen LogP contribution in [0.4, 0.5) is 0 Å². The summed E-state index contributed by atoms with van der Waals surface area (Å²) in [6.45, 7) is 9.20. The number of rotatable bonds is 8. The summed E-state index contributed by atoms with van der Waals surface area (Å²) in [5.41, 5.74) is 2.35. The molecular weight excluding hydrogens is 380 g/mol. The maximum Gasteiger partial charge on any atom is 0.234 e. The third-order valence-corrected chi connectivity index (χ3v) is 5.68. The first-order chi connectivity index (χ1) is 13.1. The van der Waals surface area contributed by atoms with Crippen molar-refractivity contribution in [3.8, 4) is 0 Å². The molecule has 1 aromatic carbocycles. The van der Waals surface area contributed by atoms with E-state index in [0.717, 1.165) is 54.9 Å². The number of aromatic nitrogens is 1. The number of halogens is 1. The highest BCUT2D eigenvalue weighted by molar-refractivity contribution is 7.09. The lowest BCUT2D eigenvalue weighted by atomic mass is 10.2. The Morgan fingerprint density at radius 1 is 1.22 bits per heavy atom. The molecule has 1 amide bonds. The van der Waals surface area contributed by atoms with Crippen molar-refractivity contribution in [2.45, 2.75) is 13.0 Å². The fourth-order valence-corrected chi connectivity index (χ4v) is 4.00. The van der Waals surface area contributed by atoms with Crippen molar-refractivity contribution in [2.75, 3.05) is 39.3 Å². The molecule has 0 spiro atoms. The van der Waals surface area contributed by atoms with Crippen LogP contribution in [0.3, 0.4) is 0 Å². The summed E-state index contributed by atoms with van der Waals surface area (Å²) in [6.07, 6.45) is 2.54. The van der Waals surface area contributed by atoms with E-state index >= 15 is 0 Å². The van der Waals surface area contributed by atoms with E-state index in [1.54, 1.807) is 17.4 Å². The molecule has 1 N–H and O–H groups in total. The van der Waals surface area contributed by atoms with Gasteiger partial charge in [0.2, 0.25) is 5.91 Å². The van der Waals surface area contributed by atoms with Gasteiger partial charge in [-0.2, -0.15) is 0 Å². The Balaban J connectivity index is 1.43. The molecule has 27 heavy (non-hydrogen) atoms. The highest BCUT2D eigenvalue weighted by Gasteiger charge is 2.19. The normalized spacial score (nSPS) is 15.6. The molecular formula is C20H25ClN4OS. The van der Waals surface area contributed by atoms with Gasteiger partial charge in [0.25, 0.3) is 0 Å². The minimum absolute atomic E-state index is 0.0645. The molecule has 2 heterocycles. The number of carbonyl (C=O) groups excluding carboxylic acids is 1. The second-order valence-corrected chi connectivity index (χ2v) is 8.06. The summed E-state index contributed by atoms with van der Waals surface area (Å²) in [6, 6.07) is 7.94. The van der Waals surface area contributed by atoms with Gasteiger partial charge in [-0.3, -0.25) is 14.6 Å². The third-order valence-electron chi connectivity index (χ3n) is 4.53. The van der Waals surface area contributed by atoms with E-state index < -0.39 is 0 Å². The van der Waals surface area contributed by atoms with Gasteiger partial charge in [0.1, 0.15) is 0 Å². The minimum Gasteiger partial charge on any atom is -0.352 e. The summed E-state index contributed by atoms with van der Waals surface area (Å²) in [4.78, 5) is 21.2. The van der Waals surface area contributed by atoms with E-state index in [2.05, 4.69) is 27.1 Å². The van der Waals surface area contributed by atoms with Crippen LogP contribution >= 0.6 is 22.9 Å². The van der Waals surface area contributed by atoms with Crippen molar-refractivity contribution in [2.24, 2.45) is 0 Å². The fourth-order valence-electron chi connectivity index (χ4n) is 3.06. The van der Waals surface area contributed by atoms with Crippen LogP contribution in [0.25, 0.3) is 0 Å². The van der Waals surface area contributed by atoms with Crippen molar-refractivity contribution in [3.63, 3.8) is 0 Å². The lowest BCUT2D eigenvalue weighted by Gasteiger charge is -2.33. The quantitative estimate of drug-likeness (QED) is 0.687. The van der Waals surface area contributed by atoms with Gasteiger partial charge >= 0.3 is 0 Å². The van der Waals surface area contributed by atoms with Crippen LogP contribution in [0.5, 0.6) is 0 Å². The van der Waals surface area contributed by atoms with E-state index in [-0.39, 0.29) is 5.91 Å². The van der Waals surface area contributed by atoms with Crippen LogP contribution in [0, 0.1) is 0 Å². The van der Waals surface area contributed by atoms with Crippen molar-refractivity contribution >= 4 is 28.8 Å². The monoisotopic (exact) mass is 404 g/mol. The van der Waals surface area contributed by atoms with Crippen molar-refractivity contribution in [3.05, 3.63) is 63.6 Å². The maximum atomic E-state index is 11.8. The van der Waals surface area contributed by atoms with Crippen molar-refractivity contribution in [1.29, 1.82) is 0 Å². The molecule has 3 rings (SSSR count). The number of piperazine rings is 1. The number of hydrogen-bond donors (Lipinski definition) is 1. The lowest BCUT2D eigenvalue weighted by Crippen LogP contribution is -2.49. The first-order valence-corrected chi connectivity index (χ1v) is 10.4. The van der Waals surface area contributed by atoms with Crippen LogP contribution in [-0.2, 0) is 17.8 Å². The molecule has 0 saturated carbocycles. The molecule has 2 aromatic rings. The number of nitrogens with one attached hydrogen (secondary N) is 1. The molecule has 1 aromatic heterocycles. The van der Waals surface area contributed by atoms with Gasteiger partial charge in [-0.05, 0) is 17.7 Å². The van der Waals surface area contributed by atoms with E-state index in [0.29, 0.717) is 13.1 Å². The van der Waals surface area contributed by atoms with Gasteiger partial charge < -0.3 is 5.32 Å². The highest BCUT2D eigenvalue weighted by atomic mass is 35.5. The number of thiazole rings is 1. The molecule has 0 atom stereocenters. The van der Waals surface area contributed by atoms with Gasteiger partial charge in [-0.15, -0.1) is 17.9 Å². The summed E-state index contributed by atoms with van der Waals surface area (Å²) in [5.74, 6) is 0.0645. The molecule has 7 heteroatoms. The van der Waals surface area contributed by atoms with Gasteiger partial charge in [0.15, 0.2) is 0 Å². The predicted molar refractivity (Wildman–Crippen MR) is 111 cm³/mol. The third kappa shape index (κ3) is 6.43. The Labute approximate surface area is 169 Å². The molecule has 1 aliphatic rings. The Morgan fingerprint density at radius 3 is 2.63 bits per heavy atom. The first-order valence-electron chi connectivity index (χ1n) is 9.12. The van der Waals surface area contributed by atoms with Gasteiger partial charge in [-0.1, -0.05) is 29.8 Å². The second kappa shape index (κ2) is 9.99. The number of hydrogen-bond acceptors (Lipinski definition) is 5. The van der Waals surface area contributed by atoms with E-state index in [4.69, 9.17) is 16.6 Å². The van der Waals surface area contributed by atoms with Crippen LogP contribution in [-0.4, -0.2) is 60.0 Å². The average Bonchev–Trinajstić information content (AvgIpc) is 3.10. The lowest BCUT2D eigenvalue weighted by molar-refractivity contribution is -0.122. The Bertz CT molecular complexity index is 754. The molecule has 5 nitrogen and oxygen atoms in total. The average molecular weight is 405 g/mol. The summed E-state index contributed by atoms with van der Waals surface area (Å²) < 4.78 is 0. The van der Waals surface area contributed by atoms with E-state index in [1.165, 1.54) is 5.56 Å². The SMILES string of the molecule is C=CCNC(=O)CN1CCN(Cc2csc(Cc3ccc(Cl)cc3)n2)CC1. The Morgan fingerprint density at radius 2 is 1.93 bits per heavy atom.